The normalized spacial score (nSPS) is 17.9. The molecule has 8 aromatic carbocycles. The molecule has 12 rings (SSSR count). The minimum atomic E-state index is -0.192. The molecule has 0 fully saturated rings. The highest BCUT2D eigenvalue weighted by atomic mass is 16.3. The zero-order valence-corrected chi connectivity index (χ0v) is 31.4. The van der Waals surface area contributed by atoms with E-state index in [-0.39, 0.29) is 5.41 Å². The lowest BCUT2D eigenvalue weighted by Crippen LogP contribution is -2.15. The van der Waals surface area contributed by atoms with Crippen LogP contribution in [0.2, 0.25) is 0 Å². The maximum atomic E-state index is 6.41. The number of fused-ring (bicyclic) bond motifs is 12. The van der Waals surface area contributed by atoms with E-state index in [1.54, 1.807) is 0 Å². The summed E-state index contributed by atoms with van der Waals surface area (Å²) in [6.07, 6.45) is 15.8. The monoisotopic (exact) mass is 714 g/mol. The van der Waals surface area contributed by atoms with E-state index >= 15 is 0 Å². The summed E-state index contributed by atoms with van der Waals surface area (Å²) in [6.45, 7) is 4.79. The fourth-order valence-electron chi connectivity index (χ4n) is 10.6. The topological polar surface area (TPSA) is 13.1 Å². The Labute approximate surface area is 326 Å². The molecule has 9 aromatic rings. The minimum Gasteiger partial charge on any atom is -0.456 e. The maximum Gasteiger partial charge on any atom is 0.136 e. The van der Waals surface area contributed by atoms with Crippen molar-refractivity contribution in [2.75, 3.05) is 0 Å². The Morgan fingerprint density at radius 2 is 1.18 bits per heavy atom. The van der Waals surface area contributed by atoms with Gasteiger partial charge in [0.2, 0.25) is 0 Å². The molecule has 0 bridgehead atoms. The number of benzene rings is 8. The molecule has 1 aromatic heterocycles. The summed E-state index contributed by atoms with van der Waals surface area (Å²) in [5.74, 6) is 0.654. The number of para-hydroxylation sites is 1. The summed E-state index contributed by atoms with van der Waals surface area (Å²) in [7, 11) is 0. The third-order valence-corrected chi connectivity index (χ3v) is 13.0. The van der Waals surface area contributed by atoms with Crippen molar-refractivity contribution in [3.05, 3.63) is 204 Å². The molecule has 1 nitrogen and oxygen atoms in total. The molecule has 264 valence electrons. The number of rotatable bonds is 3. The molecule has 56 heavy (non-hydrogen) atoms. The van der Waals surface area contributed by atoms with E-state index in [1.807, 2.05) is 0 Å². The van der Waals surface area contributed by atoms with Crippen LogP contribution in [0, 0.1) is 5.92 Å². The molecule has 0 spiro atoms. The first-order valence-corrected chi connectivity index (χ1v) is 19.8. The van der Waals surface area contributed by atoms with Crippen LogP contribution in [-0.2, 0) is 5.41 Å². The number of furan rings is 1. The molecule has 0 saturated carbocycles. The van der Waals surface area contributed by atoms with E-state index in [0.29, 0.717) is 11.8 Å². The molecule has 0 aliphatic heterocycles. The van der Waals surface area contributed by atoms with Gasteiger partial charge in [0.15, 0.2) is 0 Å². The molecule has 3 aliphatic rings. The Bertz CT molecular complexity index is 3230. The standard InChI is InChI=1S/C55H38O/c1-55(2)47-29-26-37(32-46(47)44-28-25-34-27-30-49-53(52(34)54(44)55)45-22-9-10-24-48(45)56-49)51-42-20-7-5-18-40(42)50(41-19-6-8-21-43(41)51)36-16-11-15-35(31-36)39-23-12-14-33-13-3-4-17-38(33)39/h3-32,38-39H,1-2H3. The van der Waals surface area contributed by atoms with Gasteiger partial charge < -0.3 is 4.42 Å². The Kier molecular flexibility index (Phi) is 6.58. The predicted octanol–water partition coefficient (Wildman–Crippen LogP) is 15.0. The van der Waals surface area contributed by atoms with Crippen LogP contribution in [0.4, 0.5) is 0 Å². The van der Waals surface area contributed by atoms with Gasteiger partial charge in [-0.3, -0.25) is 0 Å². The van der Waals surface area contributed by atoms with Crippen LogP contribution >= 0.6 is 0 Å². The fourth-order valence-corrected chi connectivity index (χ4v) is 10.6. The molecule has 3 aliphatic carbocycles. The highest BCUT2D eigenvalue weighted by Crippen LogP contribution is 2.55. The lowest BCUT2D eigenvalue weighted by Gasteiger charge is -2.28. The van der Waals surface area contributed by atoms with Gasteiger partial charge in [0, 0.05) is 28.0 Å². The van der Waals surface area contributed by atoms with Gasteiger partial charge in [-0.1, -0.05) is 178 Å². The van der Waals surface area contributed by atoms with Crippen LogP contribution in [0.25, 0.3) is 87.6 Å². The third-order valence-electron chi connectivity index (χ3n) is 13.0. The largest absolute Gasteiger partial charge is 0.456 e. The van der Waals surface area contributed by atoms with E-state index in [9.17, 15) is 0 Å². The van der Waals surface area contributed by atoms with Crippen LogP contribution in [0.15, 0.2) is 192 Å². The number of allylic oxidation sites excluding steroid dienone is 8. The van der Waals surface area contributed by atoms with Gasteiger partial charge in [-0.25, -0.2) is 0 Å². The molecular weight excluding hydrogens is 677 g/mol. The molecule has 0 radical (unpaired) electrons. The maximum absolute atomic E-state index is 6.41. The Morgan fingerprint density at radius 1 is 0.500 bits per heavy atom. The Hall–Kier alpha value is -6.70. The molecular formula is C55H38O. The minimum absolute atomic E-state index is 0.192. The predicted molar refractivity (Wildman–Crippen MR) is 236 cm³/mol. The van der Waals surface area contributed by atoms with Crippen molar-refractivity contribution in [3.8, 4) is 33.4 Å². The summed E-state index contributed by atoms with van der Waals surface area (Å²) in [5, 5.41) is 10.1. The van der Waals surface area contributed by atoms with Crippen molar-refractivity contribution >= 4 is 54.3 Å². The number of hydrogen-bond donors (Lipinski definition) is 0. The van der Waals surface area contributed by atoms with Gasteiger partial charge in [0.25, 0.3) is 0 Å². The van der Waals surface area contributed by atoms with Gasteiger partial charge in [-0.15, -0.1) is 0 Å². The van der Waals surface area contributed by atoms with Crippen LogP contribution in [-0.4, -0.2) is 0 Å². The van der Waals surface area contributed by atoms with Crippen molar-refractivity contribution in [2.45, 2.75) is 25.2 Å². The zero-order valence-electron chi connectivity index (χ0n) is 31.4. The molecule has 2 atom stereocenters. The quantitative estimate of drug-likeness (QED) is 0.166. The van der Waals surface area contributed by atoms with E-state index in [1.165, 1.54) is 98.7 Å². The van der Waals surface area contributed by atoms with E-state index in [2.05, 4.69) is 196 Å². The van der Waals surface area contributed by atoms with Gasteiger partial charge in [-0.2, -0.15) is 0 Å². The second-order valence-corrected chi connectivity index (χ2v) is 16.3. The first kappa shape index (κ1) is 31.6. The highest BCUT2D eigenvalue weighted by molar-refractivity contribution is 6.23. The first-order valence-electron chi connectivity index (χ1n) is 19.8. The van der Waals surface area contributed by atoms with Crippen molar-refractivity contribution in [1.29, 1.82) is 0 Å². The Balaban J connectivity index is 1.07. The lowest BCUT2D eigenvalue weighted by molar-refractivity contribution is 0.665. The van der Waals surface area contributed by atoms with Crippen LogP contribution in [0.5, 0.6) is 0 Å². The van der Waals surface area contributed by atoms with Crippen LogP contribution < -0.4 is 0 Å². The molecule has 0 N–H and O–H groups in total. The Morgan fingerprint density at radius 3 is 1.95 bits per heavy atom. The SMILES string of the molecule is CC1(C)c2ccc(-c3c4ccccc4c(-c4cccc(C5C=CC=C6C=CC=CC65)c4)c4ccccc34)cc2-c2ccc3ccc4oc5ccccc5c4c3c21. The zero-order chi connectivity index (χ0) is 37.1. The van der Waals surface area contributed by atoms with E-state index in [0.717, 1.165) is 11.2 Å². The fraction of sp³-hybridized carbons (Fsp3) is 0.0909. The molecule has 0 amide bonds. The average Bonchev–Trinajstić information content (AvgIpc) is 3.74. The summed E-state index contributed by atoms with van der Waals surface area (Å²) < 4.78 is 6.41. The van der Waals surface area contributed by atoms with Crippen LogP contribution in [0.1, 0.15) is 36.5 Å². The van der Waals surface area contributed by atoms with Crippen molar-refractivity contribution < 1.29 is 4.42 Å². The molecule has 1 heterocycles. The average molecular weight is 715 g/mol. The summed E-state index contributed by atoms with van der Waals surface area (Å²) >= 11 is 0. The van der Waals surface area contributed by atoms with Gasteiger partial charge in [0.1, 0.15) is 11.2 Å². The smallest absolute Gasteiger partial charge is 0.136 e. The second kappa shape index (κ2) is 11.7. The van der Waals surface area contributed by atoms with Crippen molar-refractivity contribution in [3.63, 3.8) is 0 Å². The lowest BCUT2D eigenvalue weighted by atomic mass is 9.76. The van der Waals surface area contributed by atoms with Crippen molar-refractivity contribution in [1.82, 2.24) is 0 Å². The molecule has 1 heteroatoms. The highest BCUT2D eigenvalue weighted by Gasteiger charge is 2.38. The van der Waals surface area contributed by atoms with Gasteiger partial charge >= 0.3 is 0 Å². The van der Waals surface area contributed by atoms with Crippen LogP contribution in [0.3, 0.4) is 0 Å². The van der Waals surface area contributed by atoms with E-state index < -0.39 is 0 Å². The first-order chi connectivity index (χ1) is 27.5. The summed E-state index contributed by atoms with van der Waals surface area (Å²) in [5.41, 5.74) is 14.9. The number of hydrogen-bond acceptors (Lipinski definition) is 1. The van der Waals surface area contributed by atoms with Gasteiger partial charge in [-0.05, 0) is 106 Å². The van der Waals surface area contributed by atoms with E-state index in [4.69, 9.17) is 4.42 Å². The summed E-state index contributed by atoms with van der Waals surface area (Å²) in [6, 6.07) is 52.1. The van der Waals surface area contributed by atoms with Crippen molar-refractivity contribution in [2.24, 2.45) is 5.92 Å². The third kappa shape index (κ3) is 4.37. The summed E-state index contributed by atoms with van der Waals surface area (Å²) in [4.78, 5) is 0. The molecule has 2 unspecified atom stereocenters. The van der Waals surface area contributed by atoms with Gasteiger partial charge in [0.05, 0.1) is 0 Å². The second-order valence-electron chi connectivity index (χ2n) is 16.3. The molecule has 0 saturated heterocycles.